The summed E-state index contributed by atoms with van der Waals surface area (Å²) >= 11 is 0. The van der Waals surface area contributed by atoms with Gasteiger partial charge in [-0.2, -0.15) is 0 Å². The van der Waals surface area contributed by atoms with Crippen molar-refractivity contribution >= 4 is 28.8 Å². The zero-order chi connectivity index (χ0) is 30.6. The number of methoxy groups -OCH3 is 2. The van der Waals surface area contributed by atoms with E-state index in [2.05, 4.69) is 42.7 Å². The van der Waals surface area contributed by atoms with E-state index in [1.807, 2.05) is 58.6 Å². The molecule has 0 aliphatic carbocycles. The molecule has 2 amide bonds. The van der Waals surface area contributed by atoms with Crippen LogP contribution in [0.2, 0.25) is 0 Å². The Morgan fingerprint density at radius 1 is 1.12 bits per heavy atom. The van der Waals surface area contributed by atoms with Gasteiger partial charge in [-0.3, -0.25) is 4.79 Å². The zero-order valence-electron chi connectivity index (χ0n) is 26.1. The number of nitrogens with one attached hydrogen (secondary N) is 1. The molecule has 0 aromatic heterocycles. The van der Waals surface area contributed by atoms with Crippen LogP contribution in [0.25, 0.3) is 16.8 Å². The molecular weight excluding hydrogens is 516 g/mol. The van der Waals surface area contributed by atoms with Crippen molar-refractivity contribution in [1.29, 1.82) is 0 Å². The number of hydrogen-bond acceptors (Lipinski definition) is 5. The van der Waals surface area contributed by atoms with Gasteiger partial charge in [0, 0.05) is 25.1 Å². The number of allylic oxidation sites excluding steroid dienone is 1. The Morgan fingerprint density at radius 2 is 1.83 bits per heavy atom. The topological polar surface area (TPSA) is 77.1 Å². The number of nitrogens with zero attached hydrogens (tertiary/aromatic N) is 1. The van der Waals surface area contributed by atoms with Gasteiger partial charge in [-0.15, -0.1) is 6.58 Å². The lowest BCUT2D eigenvalue weighted by Crippen LogP contribution is -2.56. The molecule has 2 aromatic rings. The summed E-state index contributed by atoms with van der Waals surface area (Å²) in [6.07, 6.45) is 5.38. The lowest BCUT2D eigenvalue weighted by molar-refractivity contribution is -0.137. The standard InChI is InChI=1S/C34H48N2O5/c1-11-13-16-33(7,8)22-41-31(38)35-29(32(4,5)6)30(37)36-21-34(40-10,20-23(36)3)27-15-14-25-19-28(39-9)24(12-2)17-26(25)18-27/h11-12,14-15,17-19,23,29H,1-2,13,16,20-22H2,3-10H3,(H,35,38)/t23-,29-,34+/m1/s1. The van der Waals surface area contributed by atoms with E-state index < -0.39 is 23.2 Å². The van der Waals surface area contributed by atoms with Crippen LogP contribution in [0.4, 0.5) is 4.79 Å². The summed E-state index contributed by atoms with van der Waals surface area (Å²) in [7, 11) is 3.34. The number of rotatable bonds is 11. The number of ether oxygens (including phenoxy) is 3. The zero-order valence-corrected chi connectivity index (χ0v) is 26.1. The highest BCUT2D eigenvalue weighted by molar-refractivity contribution is 5.89. The molecule has 1 fully saturated rings. The largest absolute Gasteiger partial charge is 0.496 e. The molecule has 0 radical (unpaired) electrons. The minimum Gasteiger partial charge on any atom is -0.496 e. The Morgan fingerprint density at radius 3 is 2.41 bits per heavy atom. The van der Waals surface area contributed by atoms with E-state index >= 15 is 0 Å². The highest BCUT2D eigenvalue weighted by Gasteiger charge is 2.48. The monoisotopic (exact) mass is 564 g/mol. The Labute approximate surface area is 245 Å². The molecule has 0 unspecified atom stereocenters. The fraction of sp³-hybridized carbons (Fsp3) is 0.529. The van der Waals surface area contributed by atoms with Crippen LogP contribution in [0.1, 0.15) is 71.9 Å². The van der Waals surface area contributed by atoms with E-state index in [1.54, 1.807) is 20.3 Å². The van der Waals surface area contributed by atoms with Gasteiger partial charge in [0.25, 0.3) is 0 Å². The van der Waals surface area contributed by atoms with Gasteiger partial charge in [-0.1, -0.05) is 65.5 Å². The van der Waals surface area contributed by atoms with Crippen LogP contribution in [0.3, 0.4) is 0 Å². The average molecular weight is 565 g/mol. The first-order chi connectivity index (χ1) is 19.2. The number of fused-ring (bicyclic) bond motifs is 1. The van der Waals surface area contributed by atoms with Crippen LogP contribution in [0, 0.1) is 10.8 Å². The van der Waals surface area contributed by atoms with Gasteiger partial charge in [0.15, 0.2) is 0 Å². The maximum Gasteiger partial charge on any atom is 0.407 e. The van der Waals surface area contributed by atoms with E-state index in [9.17, 15) is 9.59 Å². The molecule has 1 aliphatic heterocycles. The molecule has 2 aromatic carbocycles. The fourth-order valence-electron chi connectivity index (χ4n) is 5.57. The van der Waals surface area contributed by atoms with E-state index in [-0.39, 0.29) is 24.0 Å². The number of amides is 2. The molecule has 0 spiro atoms. The maximum atomic E-state index is 14.0. The highest BCUT2D eigenvalue weighted by atomic mass is 16.5. The van der Waals surface area contributed by atoms with Gasteiger partial charge in [0.1, 0.15) is 17.4 Å². The van der Waals surface area contributed by atoms with Gasteiger partial charge < -0.3 is 24.4 Å². The fourth-order valence-corrected chi connectivity index (χ4v) is 5.57. The van der Waals surface area contributed by atoms with Crippen LogP contribution in [-0.2, 0) is 19.9 Å². The molecule has 224 valence electrons. The first-order valence-electron chi connectivity index (χ1n) is 14.3. The molecule has 3 atom stereocenters. The van der Waals surface area contributed by atoms with Gasteiger partial charge in [0.05, 0.1) is 20.3 Å². The van der Waals surface area contributed by atoms with Gasteiger partial charge in [0.2, 0.25) is 5.91 Å². The normalized spacial score (nSPS) is 20.0. The number of hydrogen-bond donors (Lipinski definition) is 1. The van der Waals surface area contributed by atoms with Crippen LogP contribution < -0.4 is 10.1 Å². The molecule has 3 rings (SSSR count). The minimum absolute atomic E-state index is 0.0988. The van der Waals surface area contributed by atoms with Gasteiger partial charge >= 0.3 is 6.09 Å². The van der Waals surface area contributed by atoms with Crippen LogP contribution >= 0.6 is 0 Å². The van der Waals surface area contributed by atoms with E-state index in [4.69, 9.17) is 14.2 Å². The molecule has 7 nitrogen and oxygen atoms in total. The lowest BCUT2D eigenvalue weighted by Gasteiger charge is -2.35. The Hall–Kier alpha value is -3.32. The number of benzene rings is 2. The van der Waals surface area contributed by atoms with Crippen LogP contribution in [-0.4, -0.2) is 56.4 Å². The van der Waals surface area contributed by atoms with Gasteiger partial charge in [-0.05, 0) is 65.1 Å². The van der Waals surface area contributed by atoms with E-state index in [0.717, 1.165) is 40.5 Å². The quantitative estimate of drug-likeness (QED) is 0.295. The summed E-state index contributed by atoms with van der Waals surface area (Å²) in [4.78, 5) is 28.8. The number of carbonyl (C=O) groups is 2. The van der Waals surface area contributed by atoms with Crippen molar-refractivity contribution in [3.8, 4) is 5.75 Å². The summed E-state index contributed by atoms with van der Waals surface area (Å²) in [6, 6.07) is 9.43. The summed E-state index contributed by atoms with van der Waals surface area (Å²) in [6.45, 7) is 20.3. The van der Waals surface area contributed by atoms with Crippen molar-refractivity contribution in [2.24, 2.45) is 10.8 Å². The molecule has 1 N–H and O–H groups in total. The Bertz CT molecular complexity index is 1280. The molecule has 1 aliphatic rings. The summed E-state index contributed by atoms with van der Waals surface area (Å²) in [5.41, 5.74) is 0.503. The number of likely N-dealkylation sites (tertiary alicyclic amines) is 1. The Balaban J connectivity index is 1.84. The highest BCUT2D eigenvalue weighted by Crippen LogP contribution is 2.41. The number of alkyl carbamates (subject to hydrolysis) is 1. The summed E-state index contributed by atoms with van der Waals surface area (Å²) < 4.78 is 17.3. The van der Waals surface area contributed by atoms with Crippen molar-refractivity contribution in [1.82, 2.24) is 10.2 Å². The smallest absolute Gasteiger partial charge is 0.407 e. The molecule has 1 saturated heterocycles. The summed E-state index contributed by atoms with van der Waals surface area (Å²) in [5, 5.41) is 4.97. The third kappa shape index (κ3) is 7.31. The molecule has 41 heavy (non-hydrogen) atoms. The number of carbonyl (C=O) groups excluding carboxylic acids is 2. The summed E-state index contributed by atoms with van der Waals surface area (Å²) in [5.74, 6) is 0.624. The molecule has 7 heteroatoms. The van der Waals surface area contributed by atoms with Crippen LogP contribution in [0.15, 0.2) is 49.6 Å². The predicted octanol–water partition coefficient (Wildman–Crippen LogP) is 7.09. The second kappa shape index (κ2) is 12.7. The van der Waals surface area contributed by atoms with Crippen LogP contribution in [0.5, 0.6) is 5.75 Å². The van der Waals surface area contributed by atoms with Crippen molar-refractivity contribution in [2.75, 3.05) is 27.4 Å². The van der Waals surface area contributed by atoms with Gasteiger partial charge in [-0.25, -0.2) is 4.79 Å². The molecular formula is C34H48N2O5. The maximum absolute atomic E-state index is 14.0. The SMILES string of the molecule is C=CCCC(C)(C)COC(=O)N[C@H](C(=O)N1C[C@](OC)(c2ccc3cc(OC)c(C=C)cc3c2)C[C@H]1C)C(C)(C)C. The molecule has 1 heterocycles. The van der Waals surface area contributed by atoms with Crippen molar-refractivity contribution in [2.45, 2.75) is 78.5 Å². The van der Waals surface area contributed by atoms with Crippen molar-refractivity contribution in [3.63, 3.8) is 0 Å². The first kappa shape index (κ1) is 32.2. The lowest BCUT2D eigenvalue weighted by atomic mass is 9.85. The third-order valence-corrected chi connectivity index (χ3v) is 8.19. The van der Waals surface area contributed by atoms with Crippen molar-refractivity contribution < 1.29 is 23.8 Å². The average Bonchev–Trinajstić information content (AvgIpc) is 3.29. The minimum atomic E-state index is -0.763. The second-order valence-electron chi connectivity index (χ2n) is 13.1. The van der Waals surface area contributed by atoms with E-state index in [0.29, 0.717) is 13.0 Å². The third-order valence-electron chi connectivity index (χ3n) is 8.19. The molecule has 0 bridgehead atoms. The Kier molecular flexibility index (Phi) is 9.96. The van der Waals surface area contributed by atoms with E-state index in [1.165, 1.54) is 0 Å². The first-order valence-corrected chi connectivity index (χ1v) is 14.3. The molecule has 0 saturated carbocycles. The second-order valence-corrected chi connectivity index (χ2v) is 13.1. The van der Waals surface area contributed by atoms with Crippen molar-refractivity contribution in [3.05, 3.63) is 60.7 Å². The predicted molar refractivity (Wildman–Crippen MR) is 166 cm³/mol.